The summed E-state index contributed by atoms with van der Waals surface area (Å²) in [5.74, 6) is -1.87. The molecule has 0 aliphatic carbocycles. The maximum Gasteiger partial charge on any atom is 0.246 e. The van der Waals surface area contributed by atoms with Crippen LogP contribution in [0.2, 0.25) is 0 Å². The lowest BCUT2D eigenvalue weighted by atomic mass is 9.98. The number of hydrogen-bond donors (Lipinski definition) is 2. The van der Waals surface area contributed by atoms with Crippen molar-refractivity contribution in [3.8, 4) is 0 Å². The molecule has 160 valence electrons. The summed E-state index contributed by atoms with van der Waals surface area (Å²) in [6.07, 6.45) is 4.10. The summed E-state index contributed by atoms with van der Waals surface area (Å²) < 4.78 is 39.9. The first kappa shape index (κ1) is 21.8. The van der Waals surface area contributed by atoms with Gasteiger partial charge in [-0.25, -0.2) is 12.8 Å². The van der Waals surface area contributed by atoms with Crippen molar-refractivity contribution in [2.45, 2.75) is 30.7 Å². The highest BCUT2D eigenvalue weighted by Gasteiger charge is 2.34. The molecule has 2 atom stereocenters. The molecule has 8 nitrogen and oxygen atoms in total. The number of anilines is 1. The van der Waals surface area contributed by atoms with Crippen LogP contribution < -0.4 is 10.6 Å². The second-order valence-corrected chi connectivity index (χ2v) is 9.05. The lowest BCUT2D eigenvalue weighted by Gasteiger charge is -2.31. The molecule has 1 aromatic heterocycles. The molecule has 0 bridgehead atoms. The zero-order valence-electron chi connectivity index (χ0n) is 16.4. The Bertz CT molecular complexity index is 999. The van der Waals surface area contributed by atoms with Gasteiger partial charge in [-0.2, -0.15) is 4.31 Å². The Hall–Kier alpha value is -2.85. The van der Waals surface area contributed by atoms with Gasteiger partial charge in [0.1, 0.15) is 11.9 Å². The molecule has 0 spiro atoms. The molecule has 1 aliphatic heterocycles. The molecule has 2 amide bonds. The van der Waals surface area contributed by atoms with Gasteiger partial charge in [0.05, 0.1) is 10.8 Å². The number of sulfonamides is 1. The Labute approximate surface area is 174 Å². The van der Waals surface area contributed by atoms with E-state index in [1.54, 1.807) is 19.1 Å². The molecule has 0 radical (unpaired) electrons. The number of carbonyl (C=O) groups is 2. The Kier molecular flexibility index (Phi) is 6.78. The maximum absolute atomic E-state index is 13.1. The van der Waals surface area contributed by atoms with Gasteiger partial charge in [0.25, 0.3) is 0 Å². The number of carbonyl (C=O) groups excluding carboxylic acids is 2. The third-order valence-corrected chi connectivity index (χ3v) is 6.79. The van der Waals surface area contributed by atoms with Crippen molar-refractivity contribution in [3.63, 3.8) is 0 Å². The summed E-state index contributed by atoms with van der Waals surface area (Å²) in [6, 6.07) is 7.06. The standard InChI is InChI=1S/C20H23FN4O4S/c1-14(19(26)24-17-8-10-22-11-9-17)23-20(27)15-3-2-12-25(13-15)30(28,29)18-6-4-16(21)5-7-18/h4-11,14-15H,2-3,12-13H2,1H3,(H,23,27)(H,22,24,26)/t14-,15-/m1/s1. The molecular weight excluding hydrogens is 411 g/mol. The number of piperidine rings is 1. The highest BCUT2D eigenvalue weighted by molar-refractivity contribution is 7.89. The van der Waals surface area contributed by atoms with Crippen molar-refractivity contribution in [1.82, 2.24) is 14.6 Å². The summed E-state index contributed by atoms with van der Waals surface area (Å²) in [4.78, 5) is 28.8. The smallest absolute Gasteiger partial charge is 0.246 e. The third-order valence-electron chi connectivity index (χ3n) is 4.91. The average molecular weight is 434 g/mol. The zero-order valence-corrected chi connectivity index (χ0v) is 17.2. The van der Waals surface area contributed by atoms with Gasteiger partial charge in [0.2, 0.25) is 21.8 Å². The molecule has 1 saturated heterocycles. The van der Waals surface area contributed by atoms with Crippen molar-refractivity contribution >= 4 is 27.5 Å². The monoisotopic (exact) mass is 434 g/mol. The van der Waals surface area contributed by atoms with E-state index < -0.39 is 27.8 Å². The van der Waals surface area contributed by atoms with Crippen LogP contribution in [0.4, 0.5) is 10.1 Å². The number of nitrogens with one attached hydrogen (secondary N) is 2. The van der Waals surface area contributed by atoms with E-state index in [2.05, 4.69) is 15.6 Å². The van der Waals surface area contributed by atoms with Crippen LogP contribution in [-0.2, 0) is 19.6 Å². The van der Waals surface area contributed by atoms with E-state index in [1.807, 2.05) is 0 Å². The molecule has 0 unspecified atom stereocenters. The zero-order chi connectivity index (χ0) is 21.7. The van der Waals surface area contributed by atoms with Gasteiger partial charge in [-0.3, -0.25) is 14.6 Å². The Balaban J connectivity index is 1.61. The Morgan fingerprint density at radius 3 is 2.50 bits per heavy atom. The van der Waals surface area contributed by atoms with E-state index in [9.17, 15) is 22.4 Å². The normalized spacial score (nSPS) is 18.4. The van der Waals surface area contributed by atoms with Gasteiger partial charge >= 0.3 is 0 Å². The lowest BCUT2D eigenvalue weighted by molar-refractivity contribution is -0.129. The third kappa shape index (κ3) is 5.19. The van der Waals surface area contributed by atoms with Crippen LogP contribution in [0.5, 0.6) is 0 Å². The van der Waals surface area contributed by atoms with Gasteiger partial charge in [-0.05, 0) is 56.2 Å². The first-order valence-corrected chi connectivity index (χ1v) is 11.0. The Morgan fingerprint density at radius 2 is 1.83 bits per heavy atom. The van der Waals surface area contributed by atoms with Crippen LogP contribution in [0, 0.1) is 11.7 Å². The lowest BCUT2D eigenvalue weighted by Crippen LogP contribution is -2.49. The van der Waals surface area contributed by atoms with E-state index in [-0.39, 0.29) is 29.8 Å². The summed E-state index contributed by atoms with van der Waals surface area (Å²) >= 11 is 0. The molecule has 2 N–H and O–H groups in total. The van der Waals surface area contributed by atoms with E-state index in [0.717, 1.165) is 12.1 Å². The van der Waals surface area contributed by atoms with Gasteiger partial charge in [0.15, 0.2) is 0 Å². The van der Waals surface area contributed by atoms with Crippen molar-refractivity contribution in [3.05, 3.63) is 54.6 Å². The van der Waals surface area contributed by atoms with E-state index in [1.165, 1.54) is 28.8 Å². The largest absolute Gasteiger partial charge is 0.344 e. The molecule has 1 fully saturated rings. The van der Waals surface area contributed by atoms with Gasteiger partial charge in [-0.15, -0.1) is 0 Å². The quantitative estimate of drug-likeness (QED) is 0.720. The molecular formula is C20H23FN4O4S. The van der Waals surface area contributed by atoms with Crippen LogP contribution >= 0.6 is 0 Å². The van der Waals surface area contributed by atoms with Crippen LogP contribution in [0.15, 0.2) is 53.7 Å². The first-order chi connectivity index (χ1) is 14.3. The van der Waals surface area contributed by atoms with Crippen molar-refractivity contribution in [1.29, 1.82) is 0 Å². The van der Waals surface area contributed by atoms with E-state index in [4.69, 9.17) is 0 Å². The number of aromatic nitrogens is 1. The SMILES string of the molecule is C[C@@H](NC(=O)[C@@H]1CCCN(S(=O)(=O)c2ccc(F)cc2)C1)C(=O)Nc1ccncc1. The topological polar surface area (TPSA) is 108 Å². The van der Waals surface area contributed by atoms with Crippen LogP contribution in [0.25, 0.3) is 0 Å². The summed E-state index contributed by atoms with van der Waals surface area (Å²) in [7, 11) is -3.83. The van der Waals surface area contributed by atoms with E-state index >= 15 is 0 Å². The van der Waals surface area contributed by atoms with Crippen molar-refractivity contribution < 1.29 is 22.4 Å². The maximum atomic E-state index is 13.1. The summed E-state index contributed by atoms with van der Waals surface area (Å²) in [6.45, 7) is 1.84. The fraction of sp³-hybridized carbons (Fsp3) is 0.350. The van der Waals surface area contributed by atoms with Crippen molar-refractivity contribution in [2.75, 3.05) is 18.4 Å². The first-order valence-electron chi connectivity index (χ1n) is 9.54. The minimum Gasteiger partial charge on any atom is -0.344 e. The van der Waals surface area contributed by atoms with Crippen LogP contribution in [0.3, 0.4) is 0 Å². The number of hydrogen-bond acceptors (Lipinski definition) is 5. The molecule has 1 aliphatic rings. The fourth-order valence-electron chi connectivity index (χ4n) is 3.21. The van der Waals surface area contributed by atoms with Crippen molar-refractivity contribution in [2.24, 2.45) is 5.92 Å². The highest BCUT2D eigenvalue weighted by Crippen LogP contribution is 2.24. The summed E-state index contributed by atoms with van der Waals surface area (Å²) in [5.41, 5.74) is 0.560. The van der Waals surface area contributed by atoms with Gasteiger partial charge < -0.3 is 10.6 Å². The molecule has 2 heterocycles. The molecule has 1 aromatic carbocycles. The molecule has 2 aromatic rings. The molecule has 10 heteroatoms. The molecule has 3 rings (SSSR count). The number of benzene rings is 1. The van der Waals surface area contributed by atoms with Gasteiger partial charge in [-0.1, -0.05) is 0 Å². The van der Waals surface area contributed by atoms with Gasteiger partial charge in [0, 0.05) is 31.2 Å². The average Bonchev–Trinajstić information content (AvgIpc) is 2.74. The van der Waals surface area contributed by atoms with E-state index in [0.29, 0.717) is 18.5 Å². The number of halogens is 1. The fourth-order valence-corrected chi connectivity index (χ4v) is 4.74. The molecule has 0 saturated carbocycles. The van der Waals surface area contributed by atoms with Crippen LogP contribution in [-0.4, -0.2) is 48.7 Å². The number of nitrogens with zero attached hydrogens (tertiary/aromatic N) is 2. The minimum atomic E-state index is -3.83. The number of rotatable bonds is 6. The predicted molar refractivity (Wildman–Crippen MR) is 108 cm³/mol. The van der Waals surface area contributed by atoms with Crippen LogP contribution in [0.1, 0.15) is 19.8 Å². The predicted octanol–water partition coefficient (Wildman–Crippen LogP) is 1.76. The second kappa shape index (κ2) is 9.31. The number of amides is 2. The number of pyridine rings is 1. The molecule has 30 heavy (non-hydrogen) atoms. The summed E-state index contributed by atoms with van der Waals surface area (Å²) in [5, 5.41) is 5.33. The Morgan fingerprint density at radius 1 is 1.17 bits per heavy atom. The minimum absolute atomic E-state index is 0.00420. The second-order valence-electron chi connectivity index (χ2n) is 7.11. The highest BCUT2D eigenvalue weighted by atomic mass is 32.2.